The van der Waals surface area contributed by atoms with Crippen LogP contribution in [0, 0.1) is 0 Å². The van der Waals surface area contributed by atoms with Gasteiger partial charge in [-0.25, -0.2) is 0 Å². The van der Waals surface area contributed by atoms with Crippen molar-refractivity contribution in [3.8, 4) is 0 Å². The van der Waals surface area contributed by atoms with Crippen molar-refractivity contribution < 1.29 is 22.7 Å². The van der Waals surface area contributed by atoms with Crippen molar-refractivity contribution in [2.75, 3.05) is 0 Å². The second-order valence-corrected chi connectivity index (χ2v) is 2.57. The Balaban J connectivity index is 3.57. The SMILES string of the molecule is CC(=O)OC(C)CCC(F)(F)F. The molecule has 0 aromatic heterocycles. The highest BCUT2D eigenvalue weighted by molar-refractivity contribution is 5.66. The number of carbonyl (C=O) groups is 1. The van der Waals surface area contributed by atoms with Gasteiger partial charge >= 0.3 is 12.1 Å². The summed E-state index contributed by atoms with van der Waals surface area (Å²) in [5.74, 6) is -0.551. The molecule has 0 aromatic rings. The first-order chi connectivity index (χ1) is 5.31. The zero-order valence-corrected chi connectivity index (χ0v) is 6.94. The zero-order valence-electron chi connectivity index (χ0n) is 6.94. The van der Waals surface area contributed by atoms with Gasteiger partial charge in [0, 0.05) is 13.3 Å². The first kappa shape index (κ1) is 11.3. The molecule has 0 spiro atoms. The molecule has 1 atom stereocenters. The van der Waals surface area contributed by atoms with Crippen LogP contribution in [0.2, 0.25) is 0 Å². The third-order valence-corrected chi connectivity index (χ3v) is 1.20. The fourth-order valence-electron chi connectivity index (χ4n) is 0.709. The molecule has 0 saturated carbocycles. The molecule has 0 aromatic carbocycles. The molecule has 0 aliphatic rings. The Bertz CT molecular complexity index is 153. The minimum Gasteiger partial charge on any atom is -0.463 e. The van der Waals surface area contributed by atoms with E-state index in [-0.39, 0.29) is 6.42 Å². The van der Waals surface area contributed by atoms with Gasteiger partial charge in [0.1, 0.15) is 0 Å². The number of hydrogen-bond acceptors (Lipinski definition) is 2. The number of alkyl halides is 3. The molecule has 0 fully saturated rings. The van der Waals surface area contributed by atoms with E-state index in [2.05, 4.69) is 4.74 Å². The first-order valence-electron chi connectivity index (χ1n) is 3.55. The van der Waals surface area contributed by atoms with Crippen LogP contribution in [0.25, 0.3) is 0 Å². The highest BCUT2D eigenvalue weighted by atomic mass is 19.4. The summed E-state index contributed by atoms with van der Waals surface area (Å²) in [5, 5.41) is 0. The summed E-state index contributed by atoms with van der Waals surface area (Å²) in [6.45, 7) is 2.61. The molecule has 72 valence electrons. The fourth-order valence-corrected chi connectivity index (χ4v) is 0.709. The normalized spacial score (nSPS) is 14.1. The molecule has 0 aliphatic heterocycles. The maximum absolute atomic E-state index is 11.6. The molecular weight excluding hydrogens is 173 g/mol. The van der Waals surface area contributed by atoms with E-state index in [1.807, 2.05) is 0 Å². The van der Waals surface area contributed by atoms with Gasteiger partial charge in [0.05, 0.1) is 6.10 Å². The topological polar surface area (TPSA) is 26.3 Å². The third-order valence-electron chi connectivity index (χ3n) is 1.20. The van der Waals surface area contributed by atoms with Crippen LogP contribution in [-0.2, 0) is 9.53 Å². The summed E-state index contributed by atoms with van der Waals surface area (Å²) in [7, 11) is 0. The van der Waals surface area contributed by atoms with Gasteiger partial charge in [-0.1, -0.05) is 0 Å². The Morgan fingerprint density at radius 1 is 1.50 bits per heavy atom. The second-order valence-electron chi connectivity index (χ2n) is 2.57. The van der Waals surface area contributed by atoms with Gasteiger partial charge in [0.2, 0.25) is 0 Å². The number of rotatable bonds is 3. The lowest BCUT2D eigenvalue weighted by molar-refractivity contribution is -0.154. The average molecular weight is 184 g/mol. The highest BCUT2D eigenvalue weighted by Gasteiger charge is 2.27. The lowest BCUT2D eigenvalue weighted by Crippen LogP contribution is -2.16. The number of esters is 1. The van der Waals surface area contributed by atoms with Gasteiger partial charge in [0.25, 0.3) is 0 Å². The molecule has 0 N–H and O–H groups in total. The van der Waals surface area contributed by atoms with Crippen LogP contribution in [0.4, 0.5) is 13.2 Å². The fraction of sp³-hybridized carbons (Fsp3) is 0.857. The second kappa shape index (κ2) is 4.33. The van der Waals surface area contributed by atoms with Crippen LogP contribution in [0.1, 0.15) is 26.7 Å². The van der Waals surface area contributed by atoms with Crippen LogP contribution >= 0.6 is 0 Å². The monoisotopic (exact) mass is 184 g/mol. The predicted octanol–water partition coefficient (Wildman–Crippen LogP) is 2.28. The summed E-state index contributed by atoms with van der Waals surface area (Å²) in [6, 6.07) is 0. The van der Waals surface area contributed by atoms with Crippen molar-refractivity contribution in [1.82, 2.24) is 0 Å². The van der Waals surface area contributed by atoms with Crippen molar-refractivity contribution in [2.24, 2.45) is 0 Å². The van der Waals surface area contributed by atoms with Gasteiger partial charge < -0.3 is 4.74 Å². The molecule has 2 nitrogen and oxygen atoms in total. The highest BCUT2D eigenvalue weighted by Crippen LogP contribution is 2.22. The molecule has 0 heterocycles. The predicted molar refractivity (Wildman–Crippen MR) is 36.5 cm³/mol. The van der Waals surface area contributed by atoms with Gasteiger partial charge in [-0.3, -0.25) is 4.79 Å². The number of hydrogen-bond donors (Lipinski definition) is 0. The standard InChI is InChI=1S/C7H11F3O2/c1-5(12-6(2)11)3-4-7(8,9)10/h5H,3-4H2,1-2H3. The van der Waals surface area contributed by atoms with Gasteiger partial charge in [-0.05, 0) is 13.3 Å². The Morgan fingerprint density at radius 3 is 2.33 bits per heavy atom. The molecule has 0 aliphatic carbocycles. The van der Waals surface area contributed by atoms with E-state index in [4.69, 9.17) is 0 Å². The van der Waals surface area contributed by atoms with E-state index in [1.54, 1.807) is 0 Å². The largest absolute Gasteiger partial charge is 0.463 e. The Kier molecular flexibility index (Phi) is 4.06. The Morgan fingerprint density at radius 2 is 2.00 bits per heavy atom. The molecule has 12 heavy (non-hydrogen) atoms. The maximum atomic E-state index is 11.6. The summed E-state index contributed by atoms with van der Waals surface area (Å²) in [5.41, 5.74) is 0. The van der Waals surface area contributed by atoms with Gasteiger partial charge in [-0.15, -0.1) is 0 Å². The van der Waals surface area contributed by atoms with E-state index < -0.39 is 24.7 Å². The van der Waals surface area contributed by atoms with Crippen LogP contribution in [0.15, 0.2) is 0 Å². The van der Waals surface area contributed by atoms with Crippen molar-refractivity contribution in [2.45, 2.75) is 39.0 Å². The Hall–Kier alpha value is -0.740. The number of ether oxygens (including phenoxy) is 1. The summed E-state index contributed by atoms with van der Waals surface area (Å²) < 4.78 is 39.3. The van der Waals surface area contributed by atoms with Gasteiger partial charge in [-0.2, -0.15) is 13.2 Å². The van der Waals surface area contributed by atoms with Crippen LogP contribution < -0.4 is 0 Å². The van der Waals surface area contributed by atoms with Crippen molar-refractivity contribution in [3.63, 3.8) is 0 Å². The lowest BCUT2D eigenvalue weighted by atomic mass is 10.2. The molecule has 0 rings (SSSR count). The minimum absolute atomic E-state index is 0.178. The molecule has 5 heteroatoms. The van der Waals surface area contributed by atoms with E-state index in [9.17, 15) is 18.0 Å². The molecule has 1 unspecified atom stereocenters. The van der Waals surface area contributed by atoms with E-state index in [0.717, 1.165) is 0 Å². The summed E-state index contributed by atoms with van der Waals surface area (Å²) in [4.78, 5) is 10.3. The summed E-state index contributed by atoms with van der Waals surface area (Å²) >= 11 is 0. The van der Waals surface area contributed by atoms with Crippen LogP contribution in [0.5, 0.6) is 0 Å². The minimum atomic E-state index is -4.17. The lowest BCUT2D eigenvalue weighted by Gasteiger charge is -2.12. The molecule has 0 bridgehead atoms. The van der Waals surface area contributed by atoms with Crippen LogP contribution in [-0.4, -0.2) is 18.2 Å². The zero-order chi connectivity index (χ0) is 9.78. The molecule has 0 radical (unpaired) electrons. The Labute approximate surface area is 68.7 Å². The van der Waals surface area contributed by atoms with E-state index >= 15 is 0 Å². The van der Waals surface area contributed by atoms with Crippen molar-refractivity contribution in [1.29, 1.82) is 0 Å². The van der Waals surface area contributed by atoms with E-state index in [1.165, 1.54) is 13.8 Å². The smallest absolute Gasteiger partial charge is 0.389 e. The summed E-state index contributed by atoms with van der Waals surface area (Å²) in [6.07, 6.45) is -5.93. The van der Waals surface area contributed by atoms with Gasteiger partial charge in [0.15, 0.2) is 0 Å². The van der Waals surface area contributed by atoms with E-state index in [0.29, 0.717) is 0 Å². The molecular formula is C7H11F3O2. The van der Waals surface area contributed by atoms with Crippen LogP contribution in [0.3, 0.4) is 0 Å². The first-order valence-corrected chi connectivity index (χ1v) is 3.55. The van der Waals surface area contributed by atoms with Crippen molar-refractivity contribution >= 4 is 5.97 Å². The molecule has 0 amide bonds. The van der Waals surface area contributed by atoms with Crippen molar-refractivity contribution in [3.05, 3.63) is 0 Å². The quantitative estimate of drug-likeness (QED) is 0.629. The average Bonchev–Trinajstić information content (AvgIpc) is 1.80. The maximum Gasteiger partial charge on any atom is 0.389 e. The molecule has 0 saturated heterocycles. The third kappa shape index (κ3) is 7.37. The number of carbonyl (C=O) groups excluding carboxylic acids is 1. The number of halogens is 3.